The summed E-state index contributed by atoms with van der Waals surface area (Å²) >= 11 is 0. The van der Waals surface area contributed by atoms with E-state index in [9.17, 15) is 0 Å². The van der Waals surface area contributed by atoms with E-state index in [0.29, 0.717) is 0 Å². The Labute approximate surface area is 333 Å². The first kappa shape index (κ1) is 37.2. The van der Waals surface area contributed by atoms with Gasteiger partial charge in [0.2, 0.25) is 0 Å². The van der Waals surface area contributed by atoms with Gasteiger partial charge in [0.15, 0.2) is 0 Å². The SMILES string of the molecule is COc1ccc(-c2c(C[P+](c3ccccc3)(c3ccccc3)c3ccccc3)cc(OC)cc2C[P+](c2ccccc2)(c2ccccc2)c2ccccc2)cc1. The van der Waals surface area contributed by atoms with Crippen LogP contribution in [0, 0.1) is 0 Å². The Morgan fingerprint density at radius 3 is 0.839 bits per heavy atom. The van der Waals surface area contributed by atoms with Crippen molar-refractivity contribution >= 4 is 46.4 Å². The van der Waals surface area contributed by atoms with Crippen LogP contribution in [0.5, 0.6) is 11.5 Å². The van der Waals surface area contributed by atoms with Crippen molar-refractivity contribution < 1.29 is 9.47 Å². The normalized spacial score (nSPS) is 11.5. The molecule has 0 saturated carbocycles. The molecule has 0 saturated heterocycles. The van der Waals surface area contributed by atoms with Crippen LogP contribution in [-0.4, -0.2) is 14.2 Å². The molecule has 4 heteroatoms. The minimum atomic E-state index is -2.28. The first-order valence-corrected chi connectivity index (χ1v) is 23.0. The lowest BCUT2D eigenvalue weighted by Crippen LogP contribution is -2.33. The highest BCUT2D eigenvalue weighted by Gasteiger charge is 2.48. The number of hydrogen-bond donors (Lipinski definition) is 0. The second-order valence-electron chi connectivity index (χ2n) is 14.0. The zero-order valence-electron chi connectivity index (χ0n) is 31.9. The standard InChI is InChI=1S/C52H46O2P2/c1-53-44-35-33-41(34-36-44)52-42(39-55(46-21-9-3-10-22-46,47-23-11-4-12-24-47)48-25-13-5-14-26-48)37-45(54-2)38-43(52)40-56(49-27-15-6-16-28-49,50-29-17-7-18-30-50)51-31-19-8-20-32-51/h3-38H,39-40H2,1-2H3/q+2. The summed E-state index contributed by atoms with van der Waals surface area (Å²) in [7, 11) is -1.03. The summed E-state index contributed by atoms with van der Waals surface area (Å²) in [5, 5.41) is 8.10. The number of benzene rings is 8. The third kappa shape index (κ3) is 7.20. The van der Waals surface area contributed by atoms with Crippen LogP contribution in [0.4, 0.5) is 0 Å². The maximum atomic E-state index is 6.29. The minimum Gasteiger partial charge on any atom is -0.497 e. The summed E-state index contributed by atoms with van der Waals surface area (Å²) in [4.78, 5) is 0. The van der Waals surface area contributed by atoms with Gasteiger partial charge >= 0.3 is 0 Å². The van der Waals surface area contributed by atoms with Crippen molar-refractivity contribution in [2.75, 3.05) is 14.2 Å². The lowest BCUT2D eigenvalue weighted by atomic mass is 9.95. The molecule has 0 aliphatic rings. The number of rotatable bonds is 13. The van der Waals surface area contributed by atoms with E-state index in [2.05, 4.69) is 218 Å². The van der Waals surface area contributed by atoms with E-state index in [1.807, 2.05) is 0 Å². The molecule has 8 rings (SSSR count). The molecule has 0 aliphatic heterocycles. The van der Waals surface area contributed by atoms with Gasteiger partial charge in [-0.05, 0) is 108 Å². The third-order valence-electron chi connectivity index (χ3n) is 10.9. The zero-order chi connectivity index (χ0) is 38.2. The fraction of sp³-hybridized carbons (Fsp3) is 0.0769. The second kappa shape index (κ2) is 16.9. The monoisotopic (exact) mass is 764 g/mol. The number of hydrogen-bond acceptors (Lipinski definition) is 2. The molecular weight excluding hydrogens is 719 g/mol. The van der Waals surface area contributed by atoms with Gasteiger partial charge in [0.1, 0.15) is 57.9 Å². The Hall–Kier alpha value is -5.78. The van der Waals surface area contributed by atoms with E-state index in [4.69, 9.17) is 9.47 Å². The summed E-state index contributed by atoms with van der Waals surface area (Å²) in [6.07, 6.45) is 1.62. The van der Waals surface area contributed by atoms with Crippen molar-refractivity contribution in [3.63, 3.8) is 0 Å². The van der Waals surface area contributed by atoms with Crippen LogP contribution in [-0.2, 0) is 12.3 Å². The minimum absolute atomic E-state index is 0.810. The first-order valence-electron chi connectivity index (χ1n) is 19.1. The van der Waals surface area contributed by atoms with E-state index in [1.165, 1.54) is 48.5 Å². The molecule has 0 radical (unpaired) electrons. The van der Waals surface area contributed by atoms with Crippen LogP contribution in [0.25, 0.3) is 11.1 Å². The van der Waals surface area contributed by atoms with Gasteiger partial charge in [-0.1, -0.05) is 121 Å². The van der Waals surface area contributed by atoms with Crippen LogP contribution in [0.2, 0.25) is 0 Å². The summed E-state index contributed by atoms with van der Waals surface area (Å²) < 4.78 is 12.0. The Morgan fingerprint density at radius 2 is 0.589 bits per heavy atom. The third-order valence-corrected chi connectivity index (χ3v) is 19.6. The topological polar surface area (TPSA) is 18.5 Å². The number of methoxy groups -OCH3 is 2. The van der Waals surface area contributed by atoms with Crippen molar-refractivity contribution in [3.8, 4) is 22.6 Å². The van der Waals surface area contributed by atoms with Crippen LogP contribution in [0.3, 0.4) is 0 Å². The van der Waals surface area contributed by atoms with Crippen molar-refractivity contribution in [1.29, 1.82) is 0 Å². The van der Waals surface area contributed by atoms with E-state index in [0.717, 1.165) is 29.4 Å². The van der Waals surface area contributed by atoms with Gasteiger partial charge in [0, 0.05) is 11.1 Å². The van der Waals surface area contributed by atoms with E-state index < -0.39 is 14.5 Å². The molecule has 274 valence electrons. The summed E-state index contributed by atoms with van der Waals surface area (Å²) in [5.41, 5.74) is 4.95. The molecule has 0 heterocycles. The van der Waals surface area contributed by atoms with Crippen molar-refractivity contribution in [3.05, 3.63) is 230 Å². The molecule has 2 nitrogen and oxygen atoms in total. The molecule has 0 atom stereocenters. The molecule has 0 amide bonds. The van der Waals surface area contributed by atoms with Crippen LogP contribution in [0.15, 0.2) is 218 Å². The summed E-state index contributed by atoms with van der Waals surface area (Å²) in [5.74, 6) is 1.71. The molecule has 0 aliphatic carbocycles. The van der Waals surface area contributed by atoms with Gasteiger partial charge < -0.3 is 9.47 Å². The van der Waals surface area contributed by atoms with E-state index >= 15 is 0 Å². The molecule has 8 aromatic carbocycles. The lowest BCUT2D eigenvalue weighted by Gasteiger charge is -2.31. The largest absolute Gasteiger partial charge is 0.497 e. The predicted octanol–water partition coefficient (Wildman–Crippen LogP) is 10.4. The van der Waals surface area contributed by atoms with Gasteiger partial charge in [0.05, 0.1) is 26.5 Å². The van der Waals surface area contributed by atoms with Gasteiger partial charge in [-0.3, -0.25) is 0 Å². The predicted molar refractivity (Wildman–Crippen MR) is 243 cm³/mol. The quantitative estimate of drug-likeness (QED) is 0.109. The fourth-order valence-corrected chi connectivity index (χ4v) is 16.8. The van der Waals surface area contributed by atoms with E-state index in [1.54, 1.807) is 14.2 Å². The van der Waals surface area contributed by atoms with Gasteiger partial charge in [-0.2, -0.15) is 0 Å². The Bertz CT molecular complexity index is 2110. The highest BCUT2D eigenvalue weighted by Crippen LogP contribution is 2.62. The fourth-order valence-electron chi connectivity index (χ4n) is 8.28. The smallest absolute Gasteiger partial charge is 0.119 e. The average Bonchev–Trinajstić information content (AvgIpc) is 3.29. The van der Waals surface area contributed by atoms with Crippen LogP contribution in [0.1, 0.15) is 11.1 Å². The van der Waals surface area contributed by atoms with Gasteiger partial charge in [-0.15, -0.1) is 0 Å². The van der Waals surface area contributed by atoms with Gasteiger partial charge in [0.25, 0.3) is 0 Å². The summed E-state index contributed by atoms with van der Waals surface area (Å²) in [6.45, 7) is 0. The molecule has 0 N–H and O–H groups in total. The van der Waals surface area contributed by atoms with Crippen LogP contribution < -0.4 is 41.3 Å². The zero-order valence-corrected chi connectivity index (χ0v) is 33.7. The Balaban J connectivity index is 1.46. The highest BCUT2D eigenvalue weighted by atomic mass is 31.2. The van der Waals surface area contributed by atoms with Crippen molar-refractivity contribution in [2.24, 2.45) is 0 Å². The van der Waals surface area contributed by atoms with Crippen LogP contribution >= 0.6 is 14.5 Å². The van der Waals surface area contributed by atoms with E-state index in [-0.39, 0.29) is 0 Å². The van der Waals surface area contributed by atoms with Crippen molar-refractivity contribution in [2.45, 2.75) is 12.3 Å². The molecule has 0 unspecified atom stereocenters. The first-order chi connectivity index (χ1) is 27.7. The van der Waals surface area contributed by atoms with Gasteiger partial charge in [-0.25, -0.2) is 0 Å². The molecule has 0 fully saturated rings. The average molecular weight is 765 g/mol. The Morgan fingerprint density at radius 1 is 0.321 bits per heavy atom. The molecular formula is C52H46O2P2+2. The molecule has 0 bridgehead atoms. The lowest BCUT2D eigenvalue weighted by molar-refractivity contribution is 0.414. The molecule has 0 aromatic heterocycles. The maximum absolute atomic E-state index is 6.29. The number of ether oxygens (including phenoxy) is 2. The molecule has 56 heavy (non-hydrogen) atoms. The maximum Gasteiger partial charge on any atom is 0.119 e. The Kier molecular flexibility index (Phi) is 11.2. The highest BCUT2D eigenvalue weighted by molar-refractivity contribution is 7.95. The summed E-state index contributed by atoms with van der Waals surface area (Å²) in [6, 6.07) is 80.3. The molecule has 0 spiro atoms. The molecule has 8 aromatic rings. The second-order valence-corrected chi connectivity index (χ2v) is 21.0. The van der Waals surface area contributed by atoms with Crippen molar-refractivity contribution in [1.82, 2.24) is 0 Å².